The van der Waals surface area contributed by atoms with Gasteiger partial charge < -0.3 is 24.0 Å². The number of halogens is 3. The number of thiocarbonyl (C=S) groups is 1. The van der Waals surface area contributed by atoms with Crippen LogP contribution in [0.15, 0.2) is 12.1 Å². The van der Waals surface area contributed by atoms with Gasteiger partial charge in [0.1, 0.15) is 29.8 Å². The Bertz CT molecular complexity index is 1660. The lowest BCUT2D eigenvalue weighted by Gasteiger charge is -2.46. The Morgan fingerprint density at radius 2 is 2.00 bits per heavy atom. The standard InChI is InChI=1S/C33H40ClF2N5O6S2/c1-32(30(44)45-3)9-7-18(47-31(48)49-4)13-20(32)29(43)41-12-8-19-21(34)5-6-24(46-16-22-27(28(35)36)39(2)38-37-22)26(19)23(41)15-40-17-33(10-11-33)14-25(40)42/h5-6,18,20,23,28H,7-17H2,1-4H3/t18-,20+,23-,32+/m1/s1. The highest BCUT2D eigenvalue weighted by Crippen LogP contribution is 2.54. The molecule has 49 heavy (non-hydrogen) atoms. The van der Waals surface area contributed by atoms with Gasteiger partial charge in [0.25, 0.3) is 6.43 Å². The number of fused-ring (bicyclic) bond motifs is 1. The number of aryl methyl sites for hydroxylation is 1. The largest absolute Gasteiger partial charge is 0.487 e. The van der Waals surface area contributed by atoms with E-state index in [0.29, 0.717) is 52.9 Å². The van der Waals surface area contributed by atoms with E-state index in [1.54, 1.807) is 28.9 Å². The molecule has 2 aromatic rings. The molecule has 3 fully saturated rings. The first kappa shape index (κ1) is 35.8. The average molecular weight is 740 g/mol. The van der Waals surface area contributed by atoms with Gasteiger partial charge in [-0.2, -0.15) is 0 Å². The van der Waals surface area contributed by atoms with Crippen molar-refractivity contribution in [2.75, 3.05) is 33.0 Å². The van der Waals surface area contributed by atoms with Crippen LogP contribution in [-0.2, 0) is 43.9 Å². The number of amides is 2. The van der Waals surface area contributed by atoms with Crippen LogP contribution < -0.4 is 4.74 Å². The van der Waals surface area contributed by atoms with E-state index in [9.17, 15) is 23.2 Å². The summed E-state index contributed by atoms with van der Waals surface area (Å²) in [5.74, 6) is -1.22. The molecule has 2 amide bonds. The van der Waals surface area contributed by atoms with Gasteiger partial charge in [0.2, 0.25) is 16.2 Å². The number of esters is 1. The monoisotopic (exact) mass is 739 g/mol. The van der Waals surface area contributed by atoms with Crippen molar-refractivity contribution < 1.29 is 37.4 Å². The lowest BCUT2D eigenvalue weighted by atomic mass is 9.65. The zero-order valence-electron chi connectivity index (χ0n) is 27.9. The molecule has 3 heterocycles. The molecule has 1 aromatic heterocycles. The summed E-state index contributed by atoms with van der Waals surface area (Å²) in [6.07, 6.45) is 2.52. The first-order valence-corrected chi connectivity index (χ1v) is 18.3. The number of likely N-dealkylation sites (tertiary alicyclic amines) is 1. The summed E-state index contributed by atoms with van der Waals surface area (Å²) >= 11 is 13.4. The number of hydrogen-bond acceptors (Lipinski definition) is 10. The van der Waals surface area contributed by atoms with Crippen LogP contribution in [0, 0.1) is 16.7 Å². The Labute approximate surface area is 298 Å². The molecule has 16 heteroatoms. The van der Waals surface area contributed by atoms with Gasteiger partial charge in [-0.1, -0.05) is 28.6 Å². The zero-order valence-corrected chi connectivity index (χ0v) is 30.3. The number of aromatic nitrogens is 3. The highest BCUT2D eigenvalue weighted by atomic mass is 35.5. The van der Waals surface area contributed by atoms with E-state index in [1.807, 2.05) is 6.26 Å². The molecular formula is C33H40ClF2N5O6S2. The third kappa shape index (κ3) is 6.86. The van der Waals surface area contributed by atoms with Gasteiger partial charge in [0.15, 0.2) is 0 Å². The number of alkyl halides is 2. The summed E-state index contributed by atoms with van der Waals surface area (Å²) < 4.78 is 46.5. The van der Waals surface area contributed by atoms with Crippen LogP contribution in [0.1, 0.15) is 80.4 Å². The quantitative estimate of drug-likeness (QED) is 0.243. The van der Waals surface area contributed by atoms with Gasteiger partial charge >= 0.3 is 5.97 Å². The lowest BCUT2D eigenvalue weighted by Crippen LogP contribution is -2.54. The molecular weight excluding hydrogens is 700 g/mol. The second kappa shape index (κ2) is 13.9. The molecule has 0 bridgehead atoms. The molecule has 1 aromatic carbocycles. The van der Waals surface area contributed by atoms with Crippen molar-refractivity contribution in [2.24, 2.45) is 23.8 Å². The molecule has 11 nitrogen and oxygen atoms in total. The van der Waals surface area contributed by atoms with Crippen molar-refractivity contribution in [3.63, 3.8) is 0 Å². The molecule has 2 aliphatic carbocycles. The molecule has 1 saturated heterocycles. The predicted octanol–water partition coefficient (Wildman–Crippen LogP) is 5.44. The minimum Gasteiger partial charge on any atom is -0.487 e. The summed E-state index contributed by atoms with van der Waals surface area (Å²) in [5.41, 5.74) is -0.180. The number of nitrogens with zero attached hydrogens (tertiary/aromatic N) is 5. The number of carbonyl (C=O) groups is 3. The summed E-state index contributed by atoms with van der Waals surface area (Å²) in [6.45, 7) is 2.49. The fourth-order valence-electron chi connectivity index (χ4n) is 7.77. The van der Waals surface area contributed by atoms with Crippen LogP contribution in [-0.4, -0.2) is 86.1 Å². The van der Waals surface area contributed by atoms with Crippen molar-refractivity contribution in [1.82, 2.24) is 24.8 Å². The van der Waals surface area contributed by atoms with Gasteiger partial charge in [-0.3, -0.25) is 14.4 Å². The maximum absolute atomic E-state index is 14.9. The molecule has 0 N–H and O–H groups in total. The van der Waals surface area contributed by atoms with Crippen LogP contribution in [0.5, 0.6) is 5.75 Å². The Kier molecular flexibility index (Phi) is 10.2. The molecule has 1 spiro atoms. The Balaban J connectivity index is 1.38. The number of thioether (sulfide) groups is 1. The molecule has 266 valence electrons. The Morgan fingerprint density at radius 1 is 1.24 bits per heavy atom. The smallest absolute Gasteiger partial charge is 0.312 e. The molecule has 4 atom stereocenters. The molecule has 0 unspecified atom stereocenters. The Morgan fingerprint density at radius 3 is 2.65 bits per heavy atom. The van der Waals surface area contributed by atoms with Crippen molar-refractivity contribution in [3.05, 3.63) is 39.7 Å². The number of carbonyl (C=O) groups excluding carboxylic acids is 3. The van der Waals surface area contributed by atoms with Crippen LogP contribution >= 0.6 is 35.6 Å². The normalized spacial score (nSPS) is 25.8. The first-order valence-electron chi connectivity index (χ1n) is 16.3. The van der Waals surface area contributed by atoms with Crippen LogP contribution in [0.4, 0.5) is 8.78 Å². The highest BCUT2D eigenvalue weighted by Gasteiger charge is 2.55. The number of rotatable bonds is 9. The second-order valence-corrected chi connectivity index (χ2v) is 15.6. The molecule has 4 aliphatic rings. The van der Waals surface area contributed by atoms with E-state index in [-0.39, 0.29) is 60.8 Å². The fraction of sp³-hybridized carbons (Fsp3) is 0.636. The average Bonchev–Trinajstić information content (AvgIpc) is 3.61. The van der Waals surface area contributed by atoms with Gasteiger partial charge in [-0.15, -0.1) is 5.10 Å². The molecule has 2 saturated carbocycles. The second-order valence-electron chi connectivity index (χ2n) is 13.8. The minimum atomic E-state index is -2.81. The first-order chi connectivity index (χ1) is 23.3. The van der Waals surface area contributed by atoms with Crippen molar-refractivity contribution in [2.45, 2.75) is 77.0 Å². The van der Waals surface area contributed by atoms with E-state index in [2.05, 4.69) is 10.3 Å². The van der Waals surface area contributed by atoms with E-state index >= 15 is 0 Å². The number of hydrogen-bond donors (Lipinski definition) is 0. The fourth-order valence-corrected chi connectivity index (χ4v) is 8.40. The summed E-state index contributed by atoms with van der Waals surface area (Å²) in [5, 5.41) is 8.11. The van der Waals surface area contributed by atoms with Gasteiger partial charge in [-0.05, 0) is 87.0 Å². The van der Waals surface area contributed by atoms with E-state index in [1.165, 1.54) is 25.9 Å². The van der Waals surface area contributed by atoms with E-state index in [0.717, 1.165) is 23.1 Å². The van der Waals surface area contributed by atoms with Crippen LogP contribution in [0.2, 0.25) is 5.02 Å². The molecule has 6 rings (SSSR count). The van der Waals surface area contributed by atoms with E-state index in [4.69, 9.17) is 38.0 Å². The SMILES string of the molecule is COC(=O)[C@@]1(C)CC[C@@H](OC(=S)SC)C[C@H]1C(=O)N1CCc2c(Cl)ccc(OCc3nnn(C)c3C(F)F)c2[C@H]1CN1CC2(CC2)CC1=O. The predicted molar refractivity (Wildman–Crippen MR) is 181 cm³/mol. The number of methoxy groups -OCH3 is 1. The number of benzene rings is 1. The molecule has 2 aliphatic heterocycles. The number of ether oxygens (including phenoxy) is 3. The topological polar surface area (TPSA) is 116 Å². The highest BCUT2D eigenvalue weighted by molar-refractivity contribution is 8.22. The summed E-state index contributed by atoms with van der Waals surface area (Å²) in [4.78, 5) is 45.2. The minimum absolute atomic E-state index is 0.0127. The third-order valence-corrected chi connectivity index (χ3v) is 12.1. The van der Waals surface area contributed by atoms with Crippen LogP contribution in [0.3, 0.4) is 0 Å². The maximum atomic E-state index is 14.9. The van der Waals surface area contributed by atoms with Crippen LogP contribution in [0.25, 0.3) is 0 Å². The lowest BCUT2D eigenvalue weighted by molar-refractivity contribution is -0.167. The molecule has 0 radical (unpaired) electrons. The van der Waals surface area contributed by atoms with Crippen molar-refractivity contribution in [3.8, 4) is 5.75 Å². The van der Waals surface area contributed by atoms with E-state index < -0.39 is 29.8 Å². The van der Waals surface area contributed by atoms with Gasteiger partial charge in [0.05, 0.1) is 24.5 Å². The zero-order chi connectivity index (χ0) is 35.2. The summed E-state index contributed by atoms with van der Waals surface area (Å²) in [7, 11) is 2.70. The Hall–Kier alpha value is -3.04. The van der Waals surface area contributed by atoms with Crippen molar-refractivity contribution in [1.29, 1.82) is 0 Å². The van der Waals surface area contributed by atoms with Gasteiger partial charge in [-0.25, -0.2) is 13.5 Å². The summed E-state index contributed by atoms with van der Waals surface area (Å²) in [6, 6.07) is 2.64. The van der Waals surface area contributed by atoms with Gasteiger partial charge in [0, 0.05) is 43.7 Å². The maximum Gasteiger partial charge on any atom is 0.312 e. The third-order valence-electron chi connectivity index (χ3n) is 10.8. The van der Waals surface area contributed by atoms with Crippen molar-refractivity contribution >= 4 is 57.7 Å².